The van der Waals surface area contributed by atoms with Crippen molar-refractivity contribution >= 4 is 19.1 Å². The van der Waals surface area contributed by atoms with E-state index in [-0.39, 0.29) is 0 Å². The average molecular weight is 406 g/mol. The molecule has 8 heteroatoms. The Balaban J connectivity index is 2.30. The Labute approximate surface area is 168 Å². The second-order valence-electron chi connectivity index (χ2n) is 7.45. The van der Waals surface area contributed by atoms with Gasteiger partial charge in [0.1, 0.15) is 18.7 Å². The molecule has 0 atom stereocenters. The van der Waals surface area contributed by atoms with Crippen LogP contribution in [0.3, 0.4) is 0 Å². The highest BCUT2D eigenvalue weighted by Crippen LogP contribution is 2.26. The Morgan fingerprint density at radius 2 is 1.86 bits per heavy atom. The van der Waals surface area contributed by atoms with E-state index >= 15 is 0 Å². The summed E-state index contributed by atoms with van der Waals surface area (Å²) in [4.78, 5) is 8.62. The van der Waals surface area contributed by atoms with Crippen LogP contribution >= 0.6 is 0 Å². The van der Waals surface area contributed by atoms with Crippen molar-refractivity contribution in [3.8, 4) is 17.7 Å². The Hall–Kier alpha value is -1.92. The van der Waals surface area contributed by atoms with Gasteiger partial charge in [0.2, 0.25) is 12.2 Å². The lowest BCUT2D eigenvalue weighted by Gasteiger charge is -2.15. The monoisotopic (exact) mass is 405 g/mol. The van der Waals surface area contributed by atoms with Crippen LogP contribution in [0.4, 0.5) is 0 Å². The van der Waals surface area contributed by atoms with Gasteiger partial charge in [-0.25, -0.2) is 9.97 Å². The highest BCUT2D eigenvalue weighted by Gasteiger charge is 2.16. The number of rotatable bonds is 10. The van der Waals surface area contributed by atoms with Gasteiger partial charge in [-0.05, 0) is 25.8 Å². The van der Waals surface area contributed by atoms with E-state index in [0.29, 0.717) is 25.8 Å². The molecular weight excluding hydrogens is 374 g/mol. The fraction of sp³-hybridized carbons (Fsp3) is 0.600. The predicted octanol–water partition coefficient (Wildman–Crippen LogP) is 3.50. The maximum absolute atomic E-state index is 5.89. The van der Waals surface area contributed by atoms with E-state index in [9.17, 15) is 0 Å². The molecule has 2 aromatic rings. The molecule has 0 N–H and O–H groups in total. The second-order valence-corrected chi connectivity index (χ2v) is 13.1. The summed E-state index contributed by atoms with van der Waals surface area (Å²) in [5, 5.41) is 0.762. The number of fused-ring (bicyclic) bond motifs is 1. The fourth-order valence-electron chi connectivity index (χ4n) is 2.56. The van der Waals surface area contributed by atoms with Crippen LogP contribution in [0.5, 0.6) is 5.88 Å². The van der Waals surface area contributed by atoms with E-state index in [1.807, 2.05) is 24.6 Å². The summed E-state index contributed by atoms with van der Waals surface area (Å²) in [7, 11) is 0.457. The van der Waals surface area contributed by atoms with Crippen LogP contribution in [0.2, 0.25) is 25.7 Å². The van der Waals surface area contributed by atoms with Gasteiger partial charge in [-0.1, -0.05) is 25.6 Å². The van der Waals surface area contributed by atoms with Crippen LogP contribution < -0.4 is 4.74 Å². The van der Waals surface area contributed by atoms with Crippen molar-refractivity contribution in [3.05, 3.63) is 18.1 Å². The SMILES string of the molecule is CCOC(C#Cc1cn(COCC[Si](C)(C)C)c2ncnc(OC)c12)OCC. The Kier molecular flexibility index (Phi) is 8.45. The third-order valence-corrected chi connectivity index (χ3v) is 5.70. The van der Waals surface area contributed by atoms with Gasteiger partial charge in [0.05, 0.1) is 18.1 Å². The zero-order chi connectivity index (χ0) is 20.6. The van der Waals surface area contributed by atoms with Gasteiger partial charge in [0.25, 0.3) is 0 Å². The minimum atomic E-state index is -1.13. The molecule has 0 spiro atoms. The van der Waals surface area contributed by atoms with Crippen LogP contribution in [-0.2, 0) is 20.9 Å². The van der Waals surface area contributed by atoms with Gasteiger partial charge in [-0.15, -0.1) is 0 Å². The Morgan fingerprint density at radius 1 is 1.14 bits per heavy atom. The van der Waals surface area contributed by atoms with E-state index in [4.69, 9.17) is 18.9 Å². The summed E-state index contributed by atoms with van der Waals surface area (Å²) < 4.78 is 24.3. The first-order chi connectivity index (χ1) is 13.4. The summed E-state index contributed by atoms with van der Waals surface area (Å²) in [5.74, 6) is 6.65. The van der Waals surface area contributed by atoms with E-state index in [1.165, 1.54) is 6.33 Å². The van der Waals surface area contributed by atoms with Crippen molar-refractivity contribution in [3.63, 3.8) is 0 Å². The third kappa shape index (κ3) is 6.31. The molecule has 0 aliphatic carbocycles. The number of ether oxygens (including phenoxy) is 4. The van der Waals surface area contributed by atoms with Crippen LogP contribution in [0.25, 0.3) is 11.0 Å². The molecule has 0 bridgehead atoms. The van der Waals surface area contributed by atoms with E-state index in [1.54, 1.807) is 7.11 Å². The minimum Gasteiger partial charge on any atom is -0.480 e. The van der Waals surface area contributed by atoms with E-state index < -0.39 is 14.4 Å². The van der Waals surface area contributed by atoms with Gasteiger partial charge < -0.3 is 23.5 Å². The van der Waals surface area contributed by atoms with Gasteiger partial charge in [0.15, 0.2) is 0 Å². The maximum Gasteiger partial charge on any atom is 0.227 e. The summed E-state index contributed by atoms with van der Waals surface area (Å²) in [6.45, 7) is 13.0. The van der Waals surface area contributed by atoms with Crippen molar-refractivity contribution in [2.24, 2.45) is 0 Å². The van der Waals surface area contributed by atoms with Crippen molar-refractivity contribution in [1.29, 1.82) is 0 Å². The third-order valence-electron chi connectivity index (χ3n) is 4.00. The van der Waals surface area contributed by atoms with Crippen molar-refractivity contribution in [2.45, 2.75) is 52.6 Å². The normalized spacial score (nSPS) is 11.7. The molecule has 0 saturated heterocycles. The highest BCUT2D eigenvalue weighted by molar-refractivity contribution is 6.76. The molecule has 0 radical (unpaired) electrons. The van der Waals surface area contributed by atoms with Crippen LogP contribution in [0.15, 0.2) is 12.5 Å². The molecule has 28 heavy (non-hydrogen) atoms. The zero-order valence-corrected chi connectivity index (χ0v) is 18.7. The van der Waals surface area contributed by atoms with Gasteiger partial charge >= 0.3 is 0 Å². The quantitative estimate of drug-likeness (QED) is 0.261. The van der Waals surface area contributed by atoms with Crippen molar-refractivity contribution < 1.29 is 18.9 Å². The molecule has 154 valence electrons. The maximum atomic E-state index is 5.89. The van der Waals surface area contributed by atoms with Gasteiger partial charge in [-0.2, -0.15) is 0 Å². The molecule has 7 nitrogen and oxygen atoms in total. The first kappa shape index (κ1) is 22.4. The van der Waals surface area contributed by atoms with Crippen molar-refractivity contribution in [1.82, 2.24) is 14.5 Å². The Bertz CT molecular complexity index is 814. The predicted molar refractivity (Wildman–Crippen MR) is 112 cm³/mol. The number of methoxy groups -OCH3 is 1. The van der Waals surface area contributed by atoms with Crippen molar-refractivity contribution in [2.75, 3.05) is 26.9 Å². The molecule has 0 amide bonds. The molecule has 0 aliphatic heterocycles. The molecule has 0 aliphatic rings. The average Bonchev–Trinajstić information content (AvgIpc) is 3.01. The smallest absolute Gasteiger partial charge is 0.227 e. The lowest BCUT2D eigenvalue weighted by atomic mass is 10.2. The first-order valence-corrected chi connectivity index (χ1v) is 13.3. The lowest BCUT2D eigenvalue weighted by Crippen LogP contribution is -2.22. The molecule has 2 heterocycles. The molecule has 0 fully saturated rings. The number of hydrogen-bond acceptors (Lipinski definition) is 6. The largest absolute Gasteiger partial charge is 0.480 e. The van der Waals surface area contributed by atoms with E-state index in [2.05, 4.69) is 41.4 Å². The molecule has 0 saturated carbocycles. The standard InChI is InChI=1S/C20H31N3O4Si/c1-7-26-17(27-8-2)10-9-16-13-23(15-25-11-12-28(4,5)6)19-18(16)20(24-3)22-14-21-19/h13-14,17H,7-8,11-12,15H2,1-6H3. The summed E-state index contributed by atoms with van der Waals surface area (Å²) >= 11 is 0. The molecular formula is C20H31N3O4Si. The van der Waals surface area contributed by atoms with E-state index in [0.717, 1.165) is 29.2 Å². The zero-order valence-electron chi connectivity index (χ0n) is 17.7. The highest BCUT2D eigenvalue weighted by atomic mass is 28.3. The van der Waals surface area contributed by atoms with Crippen LogP contribution in [0.1, 0.15) is 19.4 Å². The molecule has 0 unspecified atom stereocenters. The summed E-state index contributed by atoms with van der Waals surface area (Å²) in [5.41, 5.74) is 1.49. The van der Waals surface area contributed by atoms with Crippen LogP contribution in [-0.4, -0.2) is 55.8 Å². The summed E-state index contributed by atoms with van der Waals surface area (Å²) in [6, 6.07) is 1.11. The Morgan fingerprint density at radius 3 is 2.46 bits per heavy atom. The number of nitrogens with zero attached hydrogens (tertiary/aromatic N) is 3. The molecule has 2 rings (SSSR count). The molecule has 0 aromatic carbocycles. The second kappa shape index (κ2) is 10.6. The lowest BCUT2D eigenvalue weighted by molar-refractivity contribution is -0.0969. The van der Waals surface area contributed by atoms with Gasteiger partial charge in [-0.3, -0.25) is 0 Å². The van der Waals surface area contributed by atoms with Crippen LogP contribution in [0, 0.1) is 11.8 Å². The number of hydrogen-bond donors (Lipinski definition) is 0. The number of aromatic nitrogens is 3. The summed E-state index contributed by atoms with van der Waals surface area (Å²) in [6.07, 6.45) is 2.83. The fourth-order valence-corrected chi connectivity index (χ4v) is 3.31. The van der Waals surface area contributed by atoms with Gasteiger partial charge in [0, 0.05) is 34.1 Å². The molecule has 2 aromatic heterocycles. The minimum absolute atomic E-state index is 0.406. The first-order valence-electron chi connectivity index (χ1n) is 9.60. The topological polar surface area (TPSA) is 67.6 Å².